The fourth-order valence-corrected chi connectivity index (χ4v) is 3.52. The zero-order valence-corrected chi connectivity index (χ0v) is 13.4. The molecule has 1 N–H and O–H groups in total. The number of amides is 1. The van der Waals surface area contributed by atoms with Crippen molar-refractivity contribution in [2.75, 3.05) is 26.2 Å². The van der Waals surface area contributed by atoms with Crippen molar-refractivity contribution in [1.82, 2.24) is 10.2 Å². The van der Waals surface area contributed by atoms with Crippen LogP contribution in [0.4, 0.5) is 0 Å². The Kier molecular flexibility index (Phi) is 4.08. The lowest BCUT2D eigenvalue weighted by Gasteiger charge is -2.35. The third-order valence-electron chi connectivity index (χ3n) is 4.81. The molecule has 1 amide bonds. The minimum Gasteiger partial charge on any atom is -0.451 e. The summed E-state index contributed by atoms with van der Waals surface area (Å²) in [5.74, 6) is -0.349. The molecule has 126 valence electrons. The van der Waals surface area contributed by atoms with Gasteiger partial charge in [0.25, 0.3) is 5.91 Å². The molecule has 2 saturated heterocycles. The SMILES string of the molecule is O=C(NC[C@H]1CN2CCC[C@@H]2CO1)c1cc(=O)c2ccccc2o1. The van der Waals surface area contributed by atoms with E-state index in [1.807, 2.05) is 0 Å². The van der Waals surface area contributed by atoms with Crippen LogP contribution in [0.15, 0.2) is 39.5 Å². The lowest BCUT2D eigenvalue weighted by Crippen LogP contribution is -2.50. The van der Waals surface area contributed by atoms with Crippen LogP contribution in [0.1, 0.15) is 23.4 Å². The van der Waals surface area contributed by atoms with Gasteiger partial charge in [-0.1, -0.05) is 12.1 Å². The van der Waals surface area contributed by atoms with Crippen LogP contribution in [-0.4, -0.2) is 49.2 Å². The standard InChI is InChI=1S/C18H20N2O4/c21-15-8-17(24-16-6-2-1-5-14(15)16)18(22)19-9-13-10-20-7-3-4-12(20)11-23-13/h1-2,5-6,8,12-13H,3-4,7,9-11H2,(H,19,22)/t12-,13+/m1/s1. The van der Waals surface area contributed by atoms with Crippen LogP contribution in [-0.2, 0) is 4.74 Å². The Morgan fingerprint density at radius 1 is 1.33 bits per heavy atom. The van der Waals surface area contributed by atoms with Gasteiger partial charge in [-0.25, -0.2) is 0 Å². The first-order valence-electron chi connectivity index (χ1n) is 8.37. The second-order valence-electron chi connectivity index (χ2n) is 6.43. The molecular weight excluding hydrogens is 308 g/mol. The molecule has 6 heteroatoms. The molecule has 6 nitrogen and oxygen atoms in total. The first kappa shape index (κ1) is 15.4. The van der Waals surface area contributed by atoms with E-state index in [4.69, 9.17) is 9.15 Å². The maximum absolute atomic E-state index is 12.3. The molecule has 2 atom stereocenters. The van der Waals surface area contributed by atoms with Crippen LogP contribution < -0.4 is 10.7 Å². The van der Waals surface area contributed by atoms with Crippen LogP contribution >= 0.6 is 0 Å². The number of carbonyl (C=O) groups is 1. The van der Waals surface area contributed by atoms with Crippen molar-refractivity contribution < 1.29 is 13.9 Å². The van der Waals surface area contributed by atoms with E-state index < -0.39 is 0 Å². The van der Waals surface area contributed by atoms with Crippen molar-refractivity contribution >= 4 is 16.9 Å². The van der Waals surface area contributed by atoms with Crippen LogP contribution in [0, 0.1) is 0 Å². The monoisotopic (exact) mass is 328 g/mol. The highest BCUT2D eigenvalue weighted by Crippen LogP contribution is 2.22. The number of nitrogens with zero attached hydrogens (tertiary/aromatic N) is 1. The molecule has 2 aliphatic heterocycles. The summed E-state index contributed by atoms with van der Waals surface area (Å²) in [6.45, 7) is 3.09. The molecule has 2 aliphatic rings. The molecule has 4 rings (SSSR count). The highest BCUT2D eigenvalue weighted by Gasteiger charge is 2.32. The molecular formula is C18H20N2O4. The summed E-state index contributed by atoms with van der Waals surface area (Å²) in [7, 11) is 0. The van der Waals surface area contributed by atoms with Gasteiger partial charge in [0.15, 0.2) is 11.2 Å². The average molecular weight is 328 g/mol. The lowest BCUT2D eigenvalue weighted by molar-refractivity contribution is -0.0462. The molecule has 0 unspecified atom stereocenters. The minimum absolute atomic E-state index is 0.0181. The van der Waals surface area contributed by atoms with Crippen LogP contribution in [0.2, 0.25) is 0 Å². The molecule has 2 aromatic rings. The molecule has 0 spiro atoms. The fraction of sp³-hybridized carbons (Fsp3) is 0.444. The predicted octanol–water partition coefficient (Wildman–Crippen LogP) is 1.39. The number of hydrogen-bond donors (Lipinski definition) is 1. The molecule has 0 radical (unpaired) electrons. The highest BCUT2D eigenvalue weighted by atomic mass is 16.5. The predicted molar refractivity (Wildman–Crippen MR) is 89.2 cm³/mol. The Morgan fingerprint density at radius 2 is 2.21 bits per heavy atom. The maximum Gasteiger partial charge on any atom is 0.287 e. The largest absolute Gasteiger partial charge is 0.451 e. The van der Waals surface area contributed by atoms with Crippen LogP contribution in [0.3, 0.4) is 0 Å². The molecule has 24 heavy (non-hydrogen) atoms. The second-order valence-corrected chi connectivity index (χ2v) is 6.43. The number of ether oxygens (including phenoxy) is 1. The topological polar surface area (TPSA) is 71.8 Å². The van der Waals surface area contributed by atoms with Gasteiger partial charge in [0.05, 0.1) is 18.1 Å². The van der Waals surface area contributed by atoms with E-state index in [9.17, 15) is 9.59 Å². The second kappa shape index (κ2) is 6.37. The summed E-state index contributed by atoms with van der Waals surface area (Å²) in [6, 6.07) is 8.70. The van der Waals surface area contributed by atoms with E-state index in [1.165, 1.54) is 18.9 Å². The van der Waals surface area contributed by atoms with Crippen molar-refractivity contribution in [3.8, 4) is 0 Å². The highest BCUT2D eigenvalue weighted by molar-refractivity contribution is 5.93. The molecule has 3 heterocycles. The molecule has 1 aromatic heterocycles. The quantitative estimate of drug-likeness (QED) is 0.922. The van der Waals surface area contributed by atoms with E-state index in [1.54, 1.807) is 24.3 Å². The Balaban J connectivity index is 1.42. The van der Waals surface area contributed by atoms with Gasteiger partial charge in [0.1, 0.15) is 5.58 Å². The van der Waals surface area contributed by atoms with Gasteiger partial charge in [-0.2, -0.15) is 0 Å². The molecule has 0 aliphatic carbocycles. The number of nitrogens with one attached hydrogen (secondary N) is 1. The van der Waals surface area contributed by atoms with Crippen molar-refractivity contribution in [3.63, 3.8) is 0 Å². The number of para-hydroxylation sites is 1. The van der Waals surface area contributed by atoms with Crippen molar-refractivity contribution in [2.24, 2.45) is 0 Å². The van der Waals surface area contributed by atoms with E-state index in [2.05, 4.69) is 10.2 Å². The van der Waals surface area contributed by atoms with Crippen molar-refractivity contribution in [3.05, 3.63) is 46.3 Å². The van der Waals surface area contributed by atoms with Crippen LogP contribution in [0.5, 0.6) is 0 Å². The Hall–Kier alpha value is -2.18. The zero-order chi connectivity index (χ0) is 16.5. The van der Waals surface area contributed by atoms with Gasteiger partial charge < -0.3 is 14.5 Å². The summed E-state index contributed by atoms with van der Waals surface area (Å²) in [5.41, 5.74) is 0.208. The lowest BCUT2D eigenvalue weighted by atomic mass is 10.2. The number of carbonyl (C=O) groups excluding carboxylic acids is 1. The molecule has 2 fully saturated rings. The Labute approximate surface area is 139 Å². The first-order chi connectivity index (χ1) is 11.7. The van der Waals surface area contributed by atoms with Gasteiger partial charge in [0, 0.05) is 25.2 Å². The van der Waals surface area contributed by atoms with Gasteiger partial charge in [0.2, 0.25) is 0 Å². The summed E-state index contributed by atoms with van der Waals surface area (Å²) in [5, 5.41) is 3.29. The summed E-state index contributed by atoms with van der Waals surface area (Å²) >= 11 is 0. The fourth-order valence-electron chi connectivity index (χ4n) is 3.52. The zero-order valence-electron chi connectivity index (χ0n) is 13.4. The van der Waals surface area contributed by atoms with E-state index >= 15 is 0 Å². The van der Waals surface area contributed by atoms with E-state index in [0.29, 0.717) is 23.6 Å². The normalized spacial score (nSPS) is 24.0. The number of morpholine rings is 1. The third kappa shape index (κ3) is 2.95. The van der Waals surface area contributed by atoms with Crippen LogP contribution in [0.25, 0.3) is 11.0 Å². The maximum atomic E-state index is 12.3. The number of hydrogen-bond acceptors (Lipinski definition) is 5. The van der Waals surface area contributed by atoms with Gasteiger partial charge in [-0.05, 0) is 31.5 Å². The smallest absolute Gasteiger partial charge is 0.287 e. The Bertz CT molecular complexity index is 816. The van der Waals surface area contributed by atoms with Crippen molar-refractivity contribution in [2.45, 2.75) is 25.0 Å². The summed E-state index contributed by atoms with van der Waals surface area (Å²) in [6.07, 6.45) is 2.40. The summed E-state index contributed by atoms with van der Waals surface area (Å²) < 4.78 is 11.4. The van der Waals surface area contributed by atoms with Gasteiger partial charge in [-0.3, -0.25) is 14.5 Å². The molecule has 1 aromatic carbocycles. The minimum atomic E-state index is -0.384. The first-order valence-corrected chi connectivity index (χ1v) is 8.37. The number of rotatable bonds is 3. The van der Waals surface area contributed by atoms with E-state index in [0.717, 1.165) is 19.7 Å². The average Bonchev–Trinajstić information content (AvgIpc) is 3.07. The number of fused-ring (bicyclic) bond motifs is 2. The van der Waals surface area contributed by atoms with E-state index in [-0.39, 0.29) is 23.2 Å². The molecule has 0 saturated carbocycles. The van der Waals surface area contributed by atoms with Gasteiger partial charge in [-0.15, -0.1) is 0 Å². The third-order valence-corrected chi connectivity index (χ3v) is 4.81. The van der Waals surface area contributed by atoms with Gasteiger partial charge >= 0.3 is 0 Å². The van der Waals surface area contributed by atoms with Crippen molar-refractivity contribution in [1.29, 1.82) is 0 Å². The Morgan fingerprint density at radius 3 is 3.12 bits per heavy atom. The molecule has 0 bridgehead atoms. The summed E-state index contributed by atoms with van der Waals surface area (Å²) in [4.78, 5) is 26.8. The number of benzene rings is 1.